The lowest BCUT2D eigenvalue weighted by Gasteiger charge is -2.17. The fourth-order valence-electron chi connectivity index (χ4n) is 2.69. The molecule has 0 saturated carbocycles. The number of aryl methyl sites for hydroxylation is 3. The van der Waals surface area contributed by atoms with Gasteiger partial charge in [0.2, 0.25) is 0 Å². The van der Waals surface area contributed by atoms with E-state index in [0.717, 1.165) is 22.6 Å². The smallest absolute Gasteiger partial charge is 0.276 e. The second-order valence-corrected chi connectivity index (χ2v) is 5.93. The lowest BCUT2D eigenvalue weighted by molar-refractivity contribution is 0.0778. The van der Waals surface area contributed by atoms with Crippen LogP contribution in [0.4, 0.5) is 0 Å². The van der Waals surface area contributed by atoms with Gasteiger partial charge >= 0.3 is 0 Å². The summed E-state index contributed by atoms with van der Waals surface area (Å²) in [5.74, 6) is -0.155. The number of aromatic amines is 1. The van der Waals surface area contributed by atoms with Crippen molar-refractivity contribution in [2.75, 3.05) is 7.05 Å². The van der Waals surface area contributed by atoms with Crippen LogP contribution in [-0.2, 0) is 6.54 Å². The van der Waals surface area contributed by atoms with Crippen molar-refractivity contribution in [2.24, 2.45) is 0 Å². The summed E-state index contributed by atoms with van der Waals surface area (Å²) in [5.41, 5.74) is 5.02. The third-order valence-electron chi connectivity index (χ3n) is 3.86. The number of hydrogen-bond acceptors (Lipinski definition) is 4. The zero-order valence-electron chi connectivity index (χ0n) is 14.2. The van der Waals surface area contributed by atoms with E-state index in [9.17, 15) is 4.79 Å². The van der Waals surface area contributed by atoms with Gasteiger partial charge in [-0.05, 0) is 44.5 Å². The van der Waals surface area contributed by atoms with Gasteiger partial charge in [-0.2, -0.15) is 20.5 Å². The van der Waals surface area contributed by atoms with Crippen LogP contribution in [0.15, 0.2) is 30.3 Å². The second-order valence-electron chi connectivity index (χ2n) is 5.93. The Morgan fingerprint density at radius 2 is 2.00 bits per heavy atom. The molecule has 24 heavy (non-hydrogen) atoms. The van der Waals surface area contributed by atoms with Crippen LogP contribution in [0, 0.1) is 20.8 Å². The summed E-state index contributed by atoms with van der Waals surface area (Å²) in [7, 11) is 1.76. The number of carbonyl (C=O) groups is 1. The molecule has 2 heterocycles. The molecule has 1 N–H and O–H groups in total. The molecule has 0 unspecified atom stereocenters. The Morgan fingerprint density at radius 1 is 1.21 bits per heavy atom. The highest BCUT2D eigenvalue weighted by Crippen LogP contribution is 2.15. The highest BCUT2D eigenvalue weighted by atomic mass is 16.2. The molecule has 0 aliphatic heterocycles. The summed E-state index contributed by atoms with van der Waals surface area (Å²) in [4.78, 5) is 14.1. The maximum atomic E-state index is 12.4. The van der Waals surface area contributed by atoms with Crippen LogP contribution < -0.4 is 0 Å². The molecule has 0 radical (unpaired) electrons. The van der Waals surface area contributed by atoms with E-state index in [2.05, 4.69) is 20.5 Å². The summed E-state index contributed by atoms with van der Waals surface area (Å²) < 4.78 is 1.91. The Morgan fingerprint density at radius 3 is 2.62 bits per heavy atom. The van der Waals surface area contributed by atoms with Crippen molar-refractivity contribution in [1.29, 1.82) is 0 Å². The fourth-order valence-corrected chi connectivity index (χ4v) is 2.69. The molecule has 3 rings (SSSR count). The number of nitrogens with zero attached hydrogens (tertiary/aromatic N) is 5. The molecule has 0 saturated heterocycles. The first kappa shape index (κ1) is 15.9. The van der Waals surface area contributed by atoms with Crippen LogP contribution in [-0.4, -0.2) is 43.0 Å². The topological polar surface area (TPSA) is 79.7 Å². The van der Waals surface area contributed by atoms with Crippen molar-refractivity contribution >= 4 is 5.91 Å². The molecule has 3 aromatic rings. The van der Waals surface area contributed by atoms with Gasteiger partial charge in [-0.25, -0.2) is 4.68 Å². The minimum absolute atomic E-state index is 0.155. The Hall–Kier alpha value is -2.96. The van der Waals surface area contributed by atoms with Crippen molar-refractivity contribution in [1.82, 2.24) is 30.1 Å². The van der Waals surface area contributed by atoms with Crippen molar-refractivity contribution in [2.45, 2.75) is 27.3 Å². The summed E-state index contributed by atoms with van der Waals surface area (Å²) in [6.07, 6.45) is 0. The minimum atomic E-state index is -0.155. The van der Waals surface area contributed by atoms with Gasteiger partial charge in [0.25, 0.3) is 5.91 Å². The van der Waals surface area contributed by atoms with Gasteiger partial charge in [0, 0.05) is 19.3 Å². The van der Waals surface area contributed by atoms with Gasteiger partial charge in [0.05, 0.1) is 17.1 Å². The van der Waals surface area contributed by atoms with E-state index in [-0.39, 0.29) is 5.91 Å². The largest absolute Gasteiger partial charge is 0.336 e. The highest BCUT2D eigenvalue weighted by Gasteiger charge is 2.18. The molecule has 7 nitrogen and oxygen atoms in total. The molecule has 7 heteroatoms. The first-order valence-electron chi connectivity index (χ1n) is 7.71. The van der Waals surface area contributed by atoms with Crippen molar-refractivity contribution < 1.29 is 4.79 Å². The van der Waals surface area contributed by atoms with Crippen LogP contribution in [0.5, 0.6) is 0 Å². The number of rotatable bonds is 4. The molecule has 2 aromatic heterocycles. The monoisotopic (exact) mass is 324 g/mol. The van der Waals surface area contributed by atoms with Crippen LogP contribution >= 0.6 is 0 Å². The first-order valence-corrected chi connectivity index (χ1v) is 7.71. The molecular formula is C17H20N6O. The molecule has 0 spiro atoms. The zero-order chi connectivity index (χ0) is 17.3. The van der Waals surface area contributed by atoms with Gasteiger partial charge < -0.3 is 4.90 Å². The predicted octanol–water partition coefficient (Wildman–Crippen LogP) is 2.19. The molecule has 0 aliphatic carbocycles. The van der Waals surface area contributed by atoms with Crippen LogP contribution in [0.3, 0.4) is 0 Å². The lowest BCUT2D eigenvalue weighted by Crippen LogP contribution is -2.27. The number of amides is 1. The second kappa shape index (κ2) is 6.27. The van der Waals surface area contributed by atoms with Crippen LogP contribution in [0.1, 0.15) is 33.1 Å². The molecule has 0 fully saturated rings. The third-order valence-corrected chi connectivity index (χ3v) is 3.86. The average molecular weight is 324 g/mol. The Kier molecular flexibility index (Phi) is 4.16. The predicted molar refractivity (Wildman–Crippen MR) is 90.0 cm³/mol. The molecular weight excluding hydrogens is 304 g/mol. The Labute approximate surface area is 140 Å². The third kappa shape index (κ3) is 3.05. The maximum Gasteiger partial charge on any atom is 0.276 e. The Bertz CT molecular complexity index is 879. The molecule has 0 bridgehead atoms. The summed E-state index contributed by atoms with van der Waals surface area (Å²) in [5, 5.41) is 14.8. The zero-order valence-corrected chi connectivity index (χ0v) is 14.2. The minimum Gasteiger partial charge on any atom is -0.336 e. The SMILES string of the molecule is Cc1cc(C)n(-c2cccc(CN(C)C(=O)c3n[nH]nc3C)c2)n1. The van der Waals surface area contributed by atoms with E-state index < -0.39 is 0 Å². The summed E-state index contributed by atoms with van der Waals surface area (Å²) in [6.45, 7) is 6.24. The fraction of sp³-hybridized carbons (Fsp3) is 0.294. The quantitative estimate of drug-likeness (QED) is 0.798. The maximum absolute atomic E-state index is 12.4. The van der Waals surface area contributed by atoms with E-state index in [1.54, 1.807) is 18.9 Å². The number of nitrogens with one attached hydrogen (secondary N) is 1. The average Bonchev–Trinajstić information content (AvgIpc) is 3.12. The van der Waals surface area contributed by atoms with Crippen LogP contribution in [0.2, 0.25) is 0 Å². The van der Waals surface area contributed by atoms with E-state index in [0.29, 0.717) is 17.9 Å². The van der Waals surface area contributed by atoms with Crippen molar-refractivity contribution in [3.05, 3.63) is 58.7 Å². The summed E-state index contributed by atoms with van der Waals surface area (Å²) in [6, 6.07) is 10.1. The van der Waals surface area contributed by atoms with Crippen LogP contribution in [0.25, 0.3) is 5.69 Å². The van der Waals surface area contributed by atoms with E-state index >= 15 is 0 Å². The molecule has 0 aliphatic rings. The van der Waals surface area contributed by atoms with E-state index in [1.165, 1.54) is 0 Å². The number of benzene rings is 1. The van der Waals surface area contributed by atoms with Crippen molar-refractivity contribution in [3.8, 4) is 5.69 Å². The van der Waals surface area contributed by atoms with Gasteiger partial charge in [-0.1, -0.05) is 12.1 Å². The lowest BCUT2D eigenvalue weighted by atomic mass is 10.2. The number of hydrogen-bond donors (Lipinski definition) is 1. The van der Waals surface area contributed by atoms with Gasteiger partial charge in [0.15, 0.2) is 5.69 Å². The van der Waals surface area contributed by atoms with Gasteiger partial charge in [0.1, 0.15) is 0 Å². The first-order chi connectivity index (χ1) is 11.5. The van der Waals surface area contributed by atoms with Gasteiger partial charge in [-0.3, -0.25) is 4.79 Å². The van der Waals surface area contributed by atoms with E-state index in [1.807, 2.05) is 48.9 Å². The van der Waals surface area contributed by atoms with E-state index in [4.69, 9.17) is 0 Å². The number of carbonyl (C=O) groups excluding carboxylic acids is 1. The van der Waals surface area contributed by atoms with Gasteiger partial charge in [-0.15, -0.1) is 0 Å². The molecule has 1 amide bonds. The summed E-state index contributed by atoms with van der Waals surface area (Å²) >= 11 is 0. The molecule has 124 valence electrons. The molecule has 0 atom stereocenters. The number of aromatic nitrogens is 5. The molecule has 1 aromatic carbocycles. The standard InChI is InChI=1S/C17H20N6O/c1-11-8-12(2)23(20-11)15-7-5-6-14(9-15)10-22(4)17(24)16-13(3)18-21-19-16/h5-9H,10H2,1-4H3,(H,18,19,21). The highest BCUT2D eigenvalue weighted by molar-refractivity contribution is 5.92. The van der Waals surface area contributed by atoms with Crippen molar-refractivity contribution in [3.63, 3.8) is 0 Å². The number of H-pyrrole nitrogens is 1. The normalized spacial score (nSPS) is 10.8. The Balaban J connectivity index is 1.81.